The minimum absolute atomic E-state index is 0.394. The molecule has 1 atom stereocenters. The predicted molar refractivity (Wildman–Crippen MR) is 61.8 cm³/mol. The van der Waals surface area contributed by atoms with Crippen LogP contribution in [0.15, 0.2) is 15.9 Å². The number of terminal acetylenes is 1. The van der Waals surface area contributed by atoms with Crippen LogP contribution in [-0.2, 0) is 6.54 Å². The molecule has 1 nitrogen and oxygen atoms in total. The van der Waals surface area contributed by atoms with Crippen LogP contribution in [0.3, 0.4) is 0 Å². The van der Waals surface area contributed by atoms with Gasteiger partial charge in [-0.1, -0.05) is 0 Å². The quantitative estimate of drug-likeness (QED) is 0.818. The molecule has 0 radical (unpaired) electrons. The first-order chi connectivity index (χ1) is 6.22. The van der Waals surface area contributed by atoms with Crippen LogP contribution in [0.4, 0.5) is 0 Å². The van der Waals surface area contributed by atoms with E-state index in [1.807, 2.05) is 0 Å². The number of rotatable bonds is 4. The van der Waals surface area contributed by atoms with Crippen LogP contribution < -0.4 is 5.32 Å². The Labute approximate surface area is 91.7 Å². The van der Waals surface area contributed by atoms with Gasteiger partial charge >= 0.3 is 0 Å². The van der Waals surface area contributed by atoms with E-state index in [1.54, 1.807) is 11.3 Å². The van der Waals surface area contributed by atoms with Crippen molar-refractivity contribution in [2.75, 3.05) is 0 Å². The van der Waals surface area contributed by atoms with Gasteiger partial charge in [-0.15, -0.1) is 23.7 Å². The molecule has 0 aliphatic carbocycles. The van der Waals surface area contributed by atoms with Crippen LogP contribution in [0, 0.1) is 12.3 Å². The third kappa shape index (κ3) is 3.95. The van der Waals surface area contributed by atoms with Crippen LogP contribution in [0.1, 0.15) is 18.2 Å². The molecule has 0 saturated heterocycles. The Kier molecular flexibility index (Phi) is 4.51. The van der Waals surface area contributed by atoms with Crippen LogP contribution >= 0.6 is 27.3 Å². The summed E-state index contributed by atoms with van der Waals surface area (Å²) in [5.74, 6) is 2.64. The van der Waals surface area contributed by atoms with Crippen LogP contribution in [0.5, 0.6) is 0 Å². The van der Waals surface area contributed by atoms with Crippen LogP contribution in [0.25, 0.3) is 0 Å². The van der Waals surface area contributed by atoms with Gasteiger partial charge in [0.15, 0.2) is 0 Å². The van der Waals surface area contributed by atoms with Crippen LogP contribution in [-0.4, -0.2) is 6.04 Å². The molecular formula is C10H12BrNS. The molecule has 0 aliphatic heterocycles. The van der Waals surface area contributed by atoms with E-state index in [0.29, 0.717) is 6.04 Å². The highest BCUT2D eigenvalue weighted by atomic mass is 79.9. The normalized spacial score (nSPS) is 12.4. The average Bonchev–Trinajstić information content (AvgIpc) is 2.49. The van der Waals surface area contributed by atoms with Crippen molar-refractivity contribution in [1.82, 2.24) is 5.32 Å². The highest BCUT2D eigenvalue weighted by molar-refractivity contribution is 9.10. The molecule has 0 aromatic carbocycles. The Morgan fingerprint density at radius 2 is 2.54 bits per heavy atom. The summed E-state index contributed by atoms with van der Waals surface area (Å²) < 4.78 is 1.15. The van der Waals surface area contributed by atoms with Gasteiger partial charge in [-0.05, 0) is 28.9 Å². The summed E-state index contributed by atoms with van der Waals surface area (Å²) in [6.07, 6.45) is 5.99. The van der Waals surface area contributed by atoms with Gasteiger partial charge in [-0.2, -0.15) is 0 Å². The van der Waals surface area contributed by atoms with Crippen molar-refractivity contribution in [2.45, 2.75) is 25.9 Å². The van der Waals surface area contributed by atoms with E-state index in [4.69, 9.17) is 6.42 Å². The fourth-order valence-electron chi connectivity index (χ4n) is 0.970. The first-order valence-electron chi connectivity index (χ1n) is 4.12. The molecule has 0 fully saturated rings. The fraction of sp³-hybridized carbons (Fsp3) is 0.400. The molecular weight excluding hydrogens is 246 g/mol. The SMILES string of the molecule is C#CCC(C)NCc1cc(Br)cs1. The molecule has 1 aromatic heterocycles. The van der Waals surface area contributed by atoms with Crippen molar-refractivity contribution in [3.63, 3.8) is 0 Å². The summed E-state index contributed by atoms with van der Waals surface area (Å²) in [7, 11) is 0. The number of thiophene rings is 1. The molecule has 13 heavy (non-hydrogen) atoms. The van der Waals surface area contributed by atoms with Crippen molar-refractivity contribution in [2.24, 2.45) is 0 Å². The van der Waals surface area contributed by atoms with E-state index in [1.165, 1.54) is 4.88 Å². The Bertz CT molecular complexity index is 300. The third-order valence-electron chi connectivity index (χ3n) is 1.67. The first kappa shape index (κ1) is 10.8. The van der Waals surface area contributed by atoms with E-state index in [9.17, 15) is 0 Å². The zero-order valence-electron chi connectivity index (χ0n) is 7.51. The summed E-state index contributed by atoms with van der Waals surface area (Å²) in [5, 5.41) is 5.45. The van der Waals surface area contributed by atoms with Gasteiger partial charge in [0, 0.05) is 33.7 Å². The molecule has 1 rings (SSSR count). The van der Waals surface area contributed by atoms with Crippen molar-refractivity contribution < 1.29 is 0 Å². The maximum absolute atomic E-state index is 5.21. The molecule has 1 N–H and O–H groups in total. The summed E-state index contributed by atoms with van der Waals surface area (Å²) in [6.45, 7) is 3.00. The smallest absolute Gasteiger partial charge is 0.0302 e. The van der Waals surface area contributed by atoms with Gasteiger partial charge in [-0.25, -0.2) is 0 Å². The monoisotopic (exact) mass is 257 g/mol. The highest BCUT2D eigenvalue weighted by Gasteiger charge is 2.00. The fourth-order valence-corrected chi connectivity index (χ4v) is 2.37. The molecule has 0 bridgehead atoms. The Hall–Kier alpha value is -0.300. The third-order valence-corrected chi connectivity index (χ3v) is 3.37. The average molecular weight is 258 g/mol. The number of halogens is 1. The molecule has 0 spiro atoms. The molecule has 0 saturated carbocycles. The van der Waals surface area contributed by atoms with E-state index in [0.717, 1.165) is 17.4 Å². The van der Waals surface area contributed by atoms with Gasteiger partial charge in [0.25, 0.3) is 0 Å². The number of hydrogen-bond acceptors (Lipinski definition) is 2. The lowest BCUT2D eigenvalue weighted by molar-refractivity contribution is 0.563. The van der Waals surface area contributed by atoms with E-state index in [-0.39, 0.29) is 0 Å². The van der Waals surface area contributed by atoms with Crippen molar-refractivity contribution in [3.05, 3.63) is 20.8 Å². The molecule has 1 heterocycles. The van der Waals surface area contributed by atoms with Gasteiger partial charge in [0.05, 0.1) is 0 Å². The zero-order valence-corrected chi connectivity index (χ0v) is 9.91. The first-order valence-corrected chi connectivity index (χ1v) is 5.79. The van der Waals surface area contributed by atoms with E-state index >= 15 is 0 Å². The summed E-state index contributed by atoms with van der Waals surface area (Å²) in [6, 6.07) is 2.52. The highest BCUT2D eigenvalue weighted by Crippen LogP contribution is 2.19. The van der Waals surface area contributed by atoms with Gasteiger partial charge in [0.2, 0.25) is 0 Å². The minimum atomic E-state index is 0.394. The van der Waals surface area contributed by atoms with Crippen LogP contribution in [0.2, 0.25) is 0 Å². The maximum Gasteiger partial charge on any atom is 0.0302 e. The van der Waals surface area contributed by atoms with Crippen molar-refractivity contribution in [1.29, 1.82) is 0 Å². The Balaban J connectivity index is 2.31. The van der Waals surface area contributed by atoms with Gasteiger partial charge in [0.1, 0.15) is 0 Å². The van der Waals surface area contributed by atoms with Crippen molar-refractivity contribution in [3.8, 4) is 12.3 Å². The summed E-state index contributed by atoms with van der Waals surface area (Å²) in [5.41, 5.74) is 0. The molecule has 1 aromatic rings. The largest absolute Gasteiger partial charge is 0.308 e. The molecule has 0 amide bonds. The molecule has 1 unspecified atom stereocenters. The minimum Gasteiger partial charge on any atom is -0.308 e. The van der Waals surface area contributed by atoms with E-state index < -0.39 is 0 Å². The van der Waals surface area contributed by atoms with Gasteiger partial charge < -0.3 is 5.32 Å². The Morgan fingerprint density at radius 1 is 1.77 bits per heavy atom. The maximum atomic E-state index is 5.21. The molecule has 70 valence electrons. The lowest BCUT2D eigenvalue weighted by atomic mass is 10.2. The lowest BCUT2D eigenvalue weighted by Gasteiger charge is -2.08. The number of hydrogen-bond donors (Lipinski definition) is 1. The topological polar surface area (TPSA) is 12.0 Å². The predicted octanol–water partition coefficient (Wildman–Crippen LogP) is 3.01. The van der Waals surface area contributed by atoms with Gasteiger partial charge in [-0.3, -0.25) is 0 Å². The summed E-state index contributed by atoms with van der Waals surface area (Å²) in [4.78, 5) is 1.33. The molecule has 3 heteroatoms. The van der Waals surface area contributed by atoms with Crippen molar-refractivity contribution >= 4 is 27.3 Å². The zero-order chi connectivity index (χ0) is 9.68. The second-order valence-electron chi connectivity index (χ2n) is 2.92. The second-order valence-corrected chi connectivity index (χ2v) is 4.83. The lowest BCUT2D eigenvalue weighted by Crippen LogP contribution is -2.24. The summed E-state index contributed by atoms with van der Waals surface area (Å²) >= 11 is 5.17. The van der Waals surface area contributed by atoms with E-state index in [2.05, 4.69) is 45.5 Å². The Morgan fingerprint density at radius 3 is 3.08 bits per heavy atom. The second kappa shape index (κ2) is 5.43. The molecule has 0 aliphatic rings. The number of nitrogens with one attached hydrogen (secondary N) is 1. The standard InChI is InChI=1S/C10H12BrNS/c1-3-4-8(2)12-6-10-5-9(11)7-13-10/h1,5,7-8,12H,4,6H2,2H3.